The lowest BCUT2D eigenvalue weighted by Gasteiger charge is -2.35. The average Bonchev–Trinajstić information content (AvgIpc) is 2.66. The van der Waals surface area contributed by atoms with Crippen molar-refractivity contribution < 1.29 is 14.6 Å². The van der Waals surface area contributed by atoms with Gasteiger partial charge in [0.1, 0.15) is 11.7 Å². The monoisotopic (exact) mass is 383 g/mol. The molecule has 0 spiro atoms. The van der Waals surface area contributed by atoms with Crippen molar-refractivity contribution in [2.45, 2.75) is 44.1 Å². The minimum absolute atomic E-state index is 0.0720. The predicted octanol–water partition coefficient (Wildman–Crippen LogP) is 3.01. The second-order valence-corrected chi connectivity index (χ2v) is 7.17. The number of nitrogens with two attached hydrogens (primary N) is 1. The largest absolute Gasteiger partial charge is 0.479 e. The van der Waals surface area contributed by atoms with Crippen LogP contribution >= 0.6 is 0 Å². The van der Waals surface area contributed by atoms with E-state index in [0.717, 1.165) is 16.6 Å². The summed E-state index contributed by atoms with van der Waals surface area (Å²) in [6.07, 6.45) is 5.37. The van der Waals surface area contributed by atoms with E-state index < -0.39 is 11.6 Å². The topological polar surface area (TPSA) is 134 Å². The molecule has 3 rings (SSSR count). The van der Waals surface area contributed by atoms with Crippen LogP contribution in [0.25, 0.3) is 10.9 Å². The van der Waals surface area contributed by atoms with Crippen molar-refractivity contribution in [1.82, 2.24) is 9.97 Å². The number of allylic oxidation sites excluding steroid dienone is 1. The van der Waals surface area contributed by atoms with Gasteiger partial charge in [-0.3, -0.25) is 10.4 Å². The summed E-state index contributed by atoms with van der Waals surface area (Å²) in [6, 6.07) is 5.65. The molecule has 28 heavy (non-hydrogen) atoms. The summed E-state index contributed by atoms with van der Waals surface area (Å²) in [5.74, 6) is -0.158. The highest BCUT2D eigenvalue weighted by atomic mass is 16.5. The summed E-state index contributed by atoms with van der Waals surface area (Å²) < 4.78 is 5.33. The number of aliphatic carboxylic acids is 1. The Hall–Kier alpha value is -3.00. The van der Waals surface area contributed by atoms with Gasteiger partial charge in [0.05, 0.1) is 11.2 Å². The van der Waals surface area contributed by atoms with Crippen molar-refractivity contribution in [3.05, 3.63) is 41.9 Å². The summed E-state index contributed by atoms with van der Waals surface area (Å²) in [4.78, 5) is 20.8. The van der Waals surface area contributed by atoms with Crippen molar-refractivity contribution in [1.29, 1.82) is 5.41 Å². The Balaban J connectivity index is 1.93. The molecular formula is C20H25N5O3. The molecule has 0 bridgehead atoms. The standard InChI is InChI=1S/C20H25N5O3/c1-12(21)10-15(22)24-16-11-14-4-3-9-23-17(14)18(25-16)13-5-7-20(28-2,8-6-13)19(26)27/h3-4,9-11,13H,5-8,21H2,1-2H3,(H,26,27)(H2,22,24,25)/b12-10-. The molecule has 0 amide bonds. The number of ether oxygens (including phenoxy) is 1. The molecule has 148 valence electrons. The zero-order valence-corrected chi connectivity index (χ0v) is 16.0. The van der Waals surface area contributed by atoms with E-state index >= 15 is 0 Å². The van der Waals surface area contributed by atoms with E-state index in [4.69, 9.17) is 20.9 Å². The van der Waals surface area contributed by atoms with Crippen molar-refractivity contribution in [2.24, 2.45) is 5.73 Å². The normalized spacial score (nSPS) is 22.8. The maximum Gasteiger partial charge on any atom is 0.335 e. The van der Waals surface area contributed by atoms with E-state index in [9.17, 15) is 9.90 Å². The molecule has 2 aromatic rings. The average molecular weight is 383 g/mol. The van der Waals surface area contributed by atoms with Crippen molar-refractivity contribution in [3.63, 3.8) is 0 Å². The number of amidine groups is 1. The number of pyridine rings is 2. The molecule has 2 aromatic heterocycles. The number of nitrogens with one attached hydrogen (secondary N) is 2. The minimum atomic E-state index is -1.12. The van der Waals surface area contributed by atoms with Crippen LogP contribution in [0.15, 0.2) is 36.2 Å². The number of anilines is 1. The molecule has 1 fully saturated rings. The molecule has 1 aliphatic rings. The molecule has 0 aliphatic heterocycles. The van der Waals surface area contributed by atoms with Crippen LogP contribution in [0.1, 0.15) is 44.2 Å². The predicted molar refractivity (Wildman–Crippen MR) is 107 cm³/mol. The lowest BCUT2D eigenvalue weighted by atomic mass is 9.77. The number of carboxylic acid groups (broad SMARTS) is 1. The third kappa shape index (κ3) is 3.96. The number of rotatable bonds is 5. The van der Waals surface area contributed by atoms with Gasteiger partial charge in [-0.1, -0.05) is 6.07 Å². The van der Waals surface area contributed by atoms with Crippen LogP contribution in [0.5, 0.6) is 0 Å². The van der Waals surface area contributed by atoms with Crippen LogP contribution in [0.3, 0.4) is 0 Å². The molecule has 5 N–H and O–H groups in total. The van der Waals surface area contributed by atoms with Gasteiger partial charge in [0.2, 0.25) is 0 Å². The number of nitrogens with zero attached hydrogens (tertiary/aromatic N) is 2. The zero-order chi connectivity index (χ0) is 20.3. The van der Waals surface area contributed by atoms with Crippen LogP contribution in [-0.4, -0.2) is 39.6 Å². The second kappa shape index (κ2) is 7.93. The zero-order valence-electron chi connectivity index (χ0n) is 16.0. The Labute approximate surface area is 163 Å². The lowest BCUT2D eigenvalue weighted by Crippen LogP contribution is -2.43. The van der Waals surface area contributed by atoms with Gasteiger partial charge in [-0.25, -0.2) is 9.78 Å². The molecule has 0 unspecified atom stereocenters. The van der Waals surface area contributed by atoms with E-state index in [1.807, 2.05) is 18.2 Å². The number of aromatic nitrogens is 2. The Bertz CT molecular complexity index is 929. The van der Waals surface area contributed by atoms with Crippen molar-refractivity contribution in [3.8, 4) is 0 Å². The number of fused-ring (bicyclic) bond motifs is 1. The highest BCUT2D eigenvalue weighted by Crippen LogP contribution is 2.41. The fourth-order valence-electron chi connectivity index (χ4n) is 3.72. The molecule has 2 heterocycles. The van der Waals surface area contributed by atoms with E-state index in [-0.39, 0.29) is 11.8 Å². The van der Waals surface area contributed by atoms with Gasteiger partial charge >= 0.3 is 5.97 Å². The van der Waals surface area contributed by atoms with E-state index in [0.29, 0.717) is 37.2 Å². The number of methoxy groups -OCH3 is 1. The first-order valence-corrected chi connectivity index (χ1v) is 9.18. The fraction of sp³-hybridized carbons (Fsp3) is 0.400. The Morgan fingerprint density at radius 1 is 1.46 bits per heavy atom. The van der Waals surface area contributed by atoms with Crippen LogP contribution in [0.4, 0.5) is 5.82 Å². The molecular weight excluding hydrogens is 358 g/mol. The number of hydrogen-bond donors (Lipinski definition) is 4. The van der Waals surface area contributed by atoms with Gasteiger partial charge in [-0.15, -0.1) is 0 Å². The van der Waals surface area contributed by atoms with E-state index in [2.05, 4.69) is 10.3 Å². The number of carbonyl (C=O) groups is 1. The molecule has 1 saturated carbocycles. The molecule has 0 atom stereocenters. The summed E-state index contributed by atoms with van der Waals surface area (Å²) in [5.41, 5.74) is 6.66. The first-order valence-electron chi connectivity index (χ1n) is 9.18. The molecule has 1 aliphatic carbocycles. The number of hydrogen-bond acceptors (Lipinski definition) is 6. The molecule has 8 nitrogen and oxygen atoms in total. The Morgan fingerprint density at radius 3 is 2.79 bits per heavy atom. The van der Waals surface area contributed by atoms with Crippen LogP contribution < -0.4 is 11.1 Å². The van der Waals surface area contributed by atoms with Crippen LogP contribution in [0, 0.1) is 5.41 Å². The first kappa shape index (κ1) is 19.8. The second-order valence-electron chi connectivity index (χ2n) is 7.17. The summed E-state index contributed by atoms with van der Waals surface area (Å²) in [6.45, 7) is 1.71. The Morgan fingerprint density at radius 2 is 2.18 bits per heavy atom. The van der Waals surface area contributed by atoms with Gasteiger partial charge in [-0.05, 0) is 50.8 Å². The van der Waals surface area contributed by atoms with Crippen LogP contribution in [0.2, 0.25) is 0 Å². The summed E-state index contributed by atoms with van der Waals surface area (Å²) in [7, 11) is 1.45. The van der Waals surface area contributed by atoms with Gasteiger partial charge in [0, 0.05) is 30.3 Å². The summed E-state index contributed by atoms with van der Waals surface area (Å²) >= 11 is 0. The molecule has 0 saturated heterocycles. The summed E-state index contributed by atoms with van der Waals surface area (Å²) in [5, 5.41) is 21.4. The van der Waals surface area contributed by atoms with E-state index in [1.165, 1.54) is 13.2 Å². The van der Waals surface area contributed by atoms with E-state index in [1.54, 1.807) is 13.1 Å². The molecule has 8 heteroatoms. The maximum atomic E-state index is 11.6. The third-order valence-electron chi connectivity index (χ3n) is 5.21. The smallest absolute Gasteiger partial charge is 0.335 e. The van der Waals surface area contributed by atoms with Gasteiger partial charge in [0.15, 0.2) is 5.60 Å². The third-order valence-corrected chi connectivity index (χ3v) is 5.21. The van der Waals surface area contributed by atoms with Gasteiger partial charge in [0.25, 0.3) is 0 Å². The Kier molecular flexibility index (Phi) is 5.60. The highest BCUT2D eigenvalue weighted by molar-refractivity contribution is 6.02. The van der Waals surface area contributed by atoms with Crippen LogP contribution in [-0.2, 0) is 9.53 Å². The quantitative estimate of drug-likeness (QED) is 0.460. The minimum Gasteiger partial charge on any atom is -0.479 e. The van der Waals surface area contributed by atoms with Crippen molar-refractivity contribution >= 4 is 28.5 Å². The van der Waals surface area contributed by atoms with Gasteiger partial charge in [-0.2, -0.15) is 0 Å². The number of carboxylic acids is 1. The fourth-order valence-corrected chi connectivity index (χ4v) is 3.72. The SMILES string of the molecule is COC1(C(=O)O)CCC(c2nc(NC(=N)/C=C(/C)N)cc3cccnc23)CC1. The maximum absolute atomic E-state index is 11.6. The van der Waals surface area contributed by atoms with Crippen molar-refractivity contribution in [2.75, 3.05) is 12.4 Å². The molecule has 0 radical (unpaired) electrons. The highest BCUT2D eigenvalue weighted by Gasteiger charge is 2.43. The molecule has 0 aromatic carbocycles. The first-order chi connectivity index (χ1) is 13.3. The van der Waals surface area contributed by atoms with Gasteiger partial charge < -0.3 is 20.9 Å². The lowest BCUT2D eigenvalue weighted by molar-refractivity contribution is -0.166.